The molecule has 4 nitrogen and oxygen atoms in total. The minimum atomic E-state index is -0.100. The highest BCUT2D eigenvalue weighted by molar-refractivity contribution is 6.03. The maximum absolute atomic E-state index is 5.38. The second kappa shape index (κ2) is 9.32. The number of pyridine rings is 3. The third-order valence-corrected chi connectivity index (χ3v) is 9.66. The summed E-state index contributed by atoms with van der Waals surface area (Å²) in [5.41, 5.74) is 13.0. The molecule has 0 saturated heterocycles. The summed E-state index contributed by atoms with van der Waals surface area (Å²) in [5.74, 6) is 1.15. The fourth-order valence-electron chi connectivity index (χ4n) is 7.53. The molecule has 1 atom stereocenters. The van der Waals surface area contributed by atoms with Gasteiger partial charge in [-0.3, -0.25) is 14.5 Å². The molecule has 3 aromatic carbocycles. The average Bonchev–Trinajstić information content (AvgIpc) is 3.41. The van der Waals surface area contributed by atoms with Gasteiger partial charge in [0.1, 0.15) is 5.82 Å². The van der Waals surface area contributed by atoms with Crippen LogP contribution in [0.3, 0.4) is 0 Å². The van der Waals surface area contributed by atoms with E-state index in [2.05, 4.69) is 120 Å². The zero-order chi connectivity index (χ0) is 29.4. The second-order valence-electron chi connectivity index (χ2n) is 12.5. The molecule has 44 heavy (non-hydrogen) atoms. The van der Waals surface area contributed by atoms with Crippen molar-refractivity contribution in [2.45, 2.75) is 31.6 Å². The molecule has 210 valence electrons. The van der Waals surface area contributed by atoms with Gasteiger partial charge in [-0.2, -0.15) is 0 Å². The monoisotopic (exact) mass is 566 g/mol. The van der Waals surface area contributed by atoms with Crippen LogP contribution >= 0.6 is 0 Å². The van der Waals surface area contributed by atoms with Crippen LogP contribution in [0.1, 0.15) is 47.8 Å². The molecule has 0 aliphatic heterocycles. The van der Waals surface area contributed by atoms with Crippen molar-refractivity contribution in [1.29, 1.82) is 0 Å². The fraction of sp³-hybridized carbons (Fsp3) is 0.125. The predicted octanol–water partition coefficient (Wildman–Crippen LogP) is 9.30. The molecule has 9 rings (SSSR count). The van der Waals surface area contributed by atoms with E-state index in [4.69, 9.17) is 9.97 Å². The van der Waals surface area contributed by atoms with Crippen molar-refractivity contribution in [1.82, 2.24) is 19.5 Å². The molecule has 2 aliphatic rings. The SMILES string of the molecule is CC1(C)c2ccccc2-c2cc(-n3c4c(c5cc(-c6ccccn6)ccc53)CC(c3ccccn3)C=C4)nc3cccc1c23. The van der Waals surface area contributed by atoms with E-state index in [1.165, 1.54) is 44.3 Å². The summed E-state index contributed by atoms with van der Waals surface area (Å²) in [7, 11) is 0. The highest BCUT2D eigenvalue weighted by Gasteiger charge is 2.34. The van der Waals surface area contributed by atoms with E-state index in [0.717, 1.165) is 40.2 Å². The van der Waals surface area contributed by atoms with Gasteiger partial charge >= 0.3 is 0 Å². The van der Waals surface area contributed by atoms with Gasteiger partial charge in [0.05, 0.1) is 22.4 Å². The highest BCUT2D eigenvalue weighted by Crippen LogP contribution is 2.49. The summed E-state index contributed by atoms with van der Waals surface area (Å²) in [4.78, 5) is 14.7. The van der Waals surface area contributed by atoms with Crippen molar-refractivity contribution in [3.63, 3.8) is 0 Å². The van der Waals surface area contributed by atoms with Crippen LogP contribution in [0.4, 0.5) is 0 Å². The molecule has 1 unspecified atom stereocenters. The Labute approximate surface area is 256 Å². The molecule has 0 amide bonds. The highest BCUT2D eigenvalue weighted by atomic mass is 15.1. The Balaban J connectivity index is 1.32. The molecule has 0 N–H and O–H groups in total. The maximum Gasteiger partial charge on any atom is 0.138 e. The van der Waals surface area contributed by atoms with E-state index in [1.54, 1.807) is 0 Å². The first-order valence-corrected chi connectivity index (χ1v) is 15.3. The predicted molar refractivity (Wildman–Crippen MR) is 179 cm³/mol. The van der Waals surface area contributed by atoms with E-state index >= 15 is 0 Å². The van der Waals surface area contributed by atoms with Gasteiger partial charge in [-0.15, -0.1) is 0 Å². The van der Waals surface area contributed by atoms with Gasteiger partial charge in [-0.1, -0.05) is 74.5 Å². The molecule has 0 spiro atoms. The van der Waals surface area contributed by atoms with Crippen LogP contribution in [0.2, 0.25) is 0 Å². The zero-order valence-corrected chi connectivity index (χ0v) is 24.7. The minimum Gasteiger partial charge on any atom is -0.294 e. The van der Waals surface area contributed by atoms with Gasteiger partial charge in [0.25, 0.3) is 0 Å². The van der Waals surface area contributed by atoms with E-state index in [-0.39, 0.29) is 11.3 Å². The van der Waals surface area contributed by atoms with Crippen molar-refractivity contribution in [2.75, 3.05) is 0 Å². The second-order valence-corrected chi connectivity index (χ2v) is 12.5. The van der Waals surface area contributed by atoms with Crippen LogP contribution in [0.15, 0.2) is 122 Å². The van der Waals surface area contributed by atoms with Gasteiger partial charge in [-0.05, 0) is 88.8 Å². The summed E-state index contributed by atoms with van der Waals surface area (Å²) in [5, 5.41) is 2.49. The number of nitrogens with zero attached hydrogens (tertiary/aromatic N) is 4. The lowest BCUT2D eigenvalue weighted by molar-refractivity contribution is 0.645. The van der Waals surface area contributed by atoms with Gasteiger partial charge in [0, 0.05) is 45.8 Å². The largest absolute Gasteiger partial charge is 0.294 e. The Morgan fingerprint density at radius 2 is 1.57 bits per heavy atom. The van der Waals surface area contributed by atoms with Crippen molar-refractivity contribution >= 4 is 27.9 Å². The van der Waals surface area contributed by atoms with Gasteiger partial charge in [0.2, 0.25) is 0 Å². The van der Waals surface area contributed by atoms with Crippen LogP contribution in [0.5, 0.6) is 0 Å². The molecule has 0 saturated carbocycles. The van der Waals surface area contributed by atoms with Crippen molar-refractivity contribution in [3.8, 4) is 28.2 Å². The number of fused-ring (bicyclic) bond motifs is 5. The van der Waals surface area contributed by atoms with Crippen LogP contribution in [-0.4, -0.2) is 19.5 Å². The molecular weight excluding hydrogens is 536 g/mol. The number of hydrogen-bond donors (Lipinski definition) is 0. The summed E-state index contributed by atoms with van der Waals surface area (Å²) in [6.07, 6.45) is 9.21. The number of allylic oxidation sites excluding steroid dienone is 1. The molecular formula is C40H30N4. The molecule has 2 aliphatic carbocycles. The van der Waals surface area contributed by atoms with E-state index in [1.807, 2.05) is 30.6 Å². The summed E-state index contributed by atoms with van der Waals surface area (Å²) >= 11 is 0. The minimum absolute atomic E-state index is 0.100. The van der Waals surface area contributed by atoms with Crippen molar-refractivity contribution < 1.29 is 0 Å². The summed E-state index contributed by atoms with van der Waals surface area (Å²) < 4.78 is 2.36. The molecule has 0 radical (unpaired) electrons. The standard InChI is InChI=1S/C40H30N4/c1-40(2)31-11-4-3-10-27(31)30-24-38(43-35-15-9-12-32(40)39(30)35)44-36-18-16-25(33-13-5-7-20-41-33)22-28(36)29-23-26(17-19-37(29)44)34-14-6-8-21-42-34/h3-22,24,26H,23H2,1-2H3. The lowest BCUT2D eigenvalue weighted by Crippen LogP contribution is -2.24. The Bertz CT molecular complexity index is 2280. The third kappa shape index (κ3) is 3.61. The van der Waals surface area contributed by atoms with Crippen LogP contribution in [-0.2, 0) is 11.8 Å². The van der Waals surface area contributed by atoms with Crippen LogP contribution < -0.4 is 0 Å². The number of rotatable bonds is 3. The molecule has 7 aromatic rings. The van der Waals surface area contributed by atoms with Crippen molar-refractivity contribution in [3.05, 3.63) is 150 Å². The number of benzene rings is 3. The molecule has 4 heteroatoms. The molecule has 0 fully saturated rings. The Hall–Kier alpha value is -5.35. The van der Waals surface area contributed by atoms with Crippen LogP contribution in [0, 0.1) is 0 Å². The maximum atomic E-state index is 5.38. The normalized spacial score (nSPS) is 16.2. The first-order valence-electron chi connectivity index (χ1n) is 15.3. The quantitative estimate of drug-likeness (QED) is 0.214. The average molecular weight is 567 g/mol. The van der Waals surface area contributed by atoms with Gasteiger partial charge in [0.15, 0.2) is 0 Å². The lowest BCUT2D eigenvalue weighted by Gasteiger charge is -2.35. The summed E-state index contributed by atoms with van der Waals surface area (Å²) in [6.45, 7) is 4.66. The van der Waals surface area contributed by atoms with Gasteiger partial charge < -0.3 is 0 Å². The molecule has 4 heterocycles. The Morgan fingerprint density at radius 1 is 0.750 bits per heavy atom. The number of hydrogen-bond acceptors (Lipinski definition) is 3. The first kappa shape index (κ1) is 25.2. The molecule has 0 bridgehead atoms. The van der Waals surface area contributed by atoms with E-state index in [9.17, 15) is 0 Å². The third-order valence-electron chi connectivity index (χ3n) is 9.66. The Kier molecular flexibility index (Phi) is 5.33. The fourth-order valence-corrected chi connectivity index (χ4v) is 7.53. The van der Waals surface area contributed by atoms with Crippen LogP contribution in [0.25, 0.3) is 56.1 Å². The Morgan fingerprint density at radius 3 is 2.41 bits per heavy atom. The number of aromatic nitrogens is 4. The van der Waals surface area contributed by atoms with Crippen molar-refractivity contribution in [2.24, 2.45) is 0 Å². The topological polar surface area (TPSA) is 43.6 Å². The summed E-state index contributed by atoms with van der Waals surface area (Å²) in [6, 6.07) is 36.8. The first-order chi connectivity index (χ1) is 21.6. The lowest BCUT2D eigenvalue weighted by atomic mass is 9.69. The smallest absolute Gasteiger partial charge is 0.138 e. The molecule has 4 aromatic heterocycles. The van der Waals surface area contributed by atoms with E-state index < -0.39 is 0 Å². The zero-order valence-electron chi connectivity index (χ0n) is 24.7. The van der Waals surface area contributed by atoms with E-state index in [0.29, 0.717) is 0 Å². The van der Waals surface area contributed by atoms with Gasteiger partial charge in [-0.25, -0.2) is 4.98 Å².